The molecule has 0 saturated heterocycles. The Morgan fingerprint density at radius 3 is 2.79 bits per heavy atom. The van der Waals surface area contributed by atoms with Gasteiger partial charge in [0.15, 0.2) is 0 Å². The van der Waals surface area contributed by atoms with Gasteiger partial charge in [-0.25, -0.2) is 0 Å². The first-order valence-electron chi connectivity index (χ1n) is 4.26. The number of aliphatic hydroxyl groups excluding tert-OH is 1. The fourth-order valence-corrected chi connectivity index (χ4v) is 1.15. The summed E-state index contributed by atoms with van der Waals surface area (Å²) in [5, 5.41) is 12.2. The second-order valence-electron chi connectivity index (χ2n) is 3.08. The Kier molecular flexibility index (Phi) is 3.49. The number of rotatable bonds is 2. The van der Waals surface area contributed by atoms with E-state index in [2.05, 4.69) is 5.32 Å². The molecule has 3 nitrogen and oxygen atoms in total. The Bertz CT molecular complexity index is 350. The van der Waals surface area contributed by atoms with Gasteiger partial charge in [-0.2, -0.15) is 0 Å². The van der Waals surface area contributed by atoms with Crippen LogP contribution in [0.3, 0.4) is 0 Å². The van der Waals surface area contributed by atoms with Gasteiger partial charge in [0.05, 0.1) is 0 Å². The van der Waals surface area contributed by atoms with Gasteiger partial charge < -0.3 is 10.4 Å². The van der Waals surface area contributed by atoms with E-state index in [-0.39, 0.29) is 0 Å². The van der Waals surface area contributed by atoms with Gasteiger partial charge in [0.25, 0.3) is 5.91 Å². The van der Waals surface area contributed by atoms with Crippen molar-refractivity contribution in [2.45, 2.75) is 20.0 Å². The molecule has 0 saturated carbocycles. The number of aliphatic hydroxyl groups is 1. The maximum absolute atomic E-state index is 11.2. The van der Waals surface area contributed by atoms with E-state index in [1.165, 1.54) is 6.92 Å². The molecule has 76 valence electrons. The van der Waals surface area contributed by atoms with Gasteiger partial charge in [-0.3, -0.25) is 4.79 Å². The SMILES string of the molecule is Cc1c(Cl)cccc1NC(=O)C(C)O. The largest absolute Gasteiger partial charge is 0.384 e. The zero-order valence-electron chi connectivity index (χ0n) is 8.04. The van der Waals surface area contributed by atoms with Crippen molar-refractivity contribution < 1.29 is 9.90 Å². The lowest BCUT2D eigenvalue weighted by molar-refractivity contribution is -0.123. The van der Waals surface area contributed by atoms with Crippen molar-refractivity contribution >= 4 is 23.2 Å². The van der Waals surface area contributed by atoms with Crippen LogP contribution in [0.2, 0.25) is 5.02 Å². The van der Waals surface area contributed by atoms with Crippen LogP contribution in [0.1, 0.15) is 12.5 Å². The molecule has 1 rings (SSSR count). The highest BCUT2D eigenvalue weighted by Crippen LogP contribution is 2.22. The van der Waals surface area contributed by atoms with Crippen LogP contribution >= 0.6 is 11.6 Å². The van der Waals surface area contributed by atoms with Gasteiger partial charge in [0.2, 0.25) is 0 Å². The van der Waals surface area contributed by atoms with Crippen molar-refractivity contribution in [2.75, 3.05) is 5.32 Å². The zero-order valence-corrected chi connectivity index (χ0v) is 8.80. The molecule has 0 aliphatic heterocycles. The van der Waals surface area contributed by atoms with E-state index in [1.54, 1.807) is 25.1 Å². The number of carbonyl (C=O) groups is 1. The average Bonchev–Trinajstić information content (AvgIpc) is 2.12. The van der Waals surface area contributed by atoms with Gasteiger partial charge in [0.1, 0.15) is 6.10 Å². The monoisotopic (exact) mass is 213 g/mol. The van der Waals surface area contributed by atoms with Crippen molar-refractivity contribution in [1.82, 2.24) is 0 Å². The topological polar surface area (TPSA) is 49.3 Å². The molecule has 1 atom stereocenters. The maximum atomic E-state index is 11.2. The number of hydrogen-bond acceptors (Lipinski definition) is 2. The van der Waals surface area contributed by atoms with Gasteiger partial charge in [0, 0.05) is 10.7 Å². The Hall–Kier alpha value is -1.06. The Morgan fingerprint density at radius 2 is 2.21 bits per heavy atom. The van der Waals surface area contributed by atoms with Crippen molar-refractivity contribution in [2.24, 2.45) is 0 Å². The molecule has 0 heterocycles. The van der Waals surface area contributed by atoms with Crippen molar-refractivity contribution in [3.63, 3.8) is 0 Å². The molecule has 1 amide bonds. The van der Waals surface area contributed by atoms with Crippen LogP contribution in [-0.4, -0.2) is 17.1 Å². The highest BCUT2D eigenvalue weighted by atomic mass is 35.5. The first kappa shape index (κ1) is 11.0. The number of hydrogen-bond donors (Lipinski definition) is 2. The quantitative estimate of drug-likeness (QED) is 0.789. The van der Waals surface area contributed by atoms with Crippen LogP contribution < -0.4 is 5.32 Å². The summed E-state index contributed by atoms with van der Waals surface area (Å²) in [5.74, 6) is -0.435. The summed E-state index contributed by atoms with van der Waals surface area (Å²) in [6, 6.07) is 5.23. The Labute approximate surface area is 87.7 Å². The molecule has 1 aromatic carbocycles. The predicted octanol–water partition coefficient (Wildman–Crippen LogP) is 1.97. The van der Waals surface area contributed by atoms with E-state index in [1.807, 2.05) is 0 Å². The number of benzene rings is 1. The van der Waals surface area contributed by atoms with Gasteiger partial charge in [-0.1, -0.05) is 17.7 Å². The third kappa shape index (κ3) is 2.47. The van der Waals surface area contributed by atoms with E-state index in [0.717, 1.165) is 5.56 Å². The first-order valence-corrected chi connectivity index (χ1v) is 4.64. The number of carbonyl (C=O) groups excluding carboxylic acids is 1. The average molecular weight is 214 g/mol. The van der Waals surface area contributed by atoms with Crippen LogP contribution in [0.15, 0.2) is 18.2 Å². The second-order valence-corrected chi connectivity index (χ2v) is 3.48. The van der Waals surface area contributed by atoms with Crippen molar-refractivity contribution in [3.05, 3.63) is 28.8 Å². The Morgan fingerprint density at radius 1 is 1.57 bits per heavy atom. The summed E-state index contributed by atoms with van der Waals surface area (Å²) in [7, 11) is 0. The number of nitrogens with one attached hydrogen (secondary N) is 1. The van der Waals surface area contributed by atoms with Crippen LogP contribution in [0.4, 0.5) is 5.69 Å². The molecule has 2 N–H and O–H groups in total. The van der Waals surface area contributed by atoms with Crippen molar-refractivity contribution in [3.8, 4) is 0 Å². The molecule has 0 fully saturated rings. The summed E-state index contributed by atoms with van der Waals surface area (Å²) in [6.07, 6.45) is -1.02. The fraction of sp³-hybridized carbons (Fsp3) is 0.300. The highest BCUT2D eigenvalue weighted by Gasteiger charge is 2.10. The molecule has 0 aliphatic rings. The maximum Gasteiger partial charge on any atom is 0.252 e. The molecular weight excluding hydrogens is 202 g/mol. The van der Waals surface area contributed by atoms with E-state index < -0.39 is 12.0 Å². The minimum absolute atomic E-state index is 0.435. The minimum atomic E-state index is -1.02. The molecule has 0 bridgehead atoms. The van der Waals surface area contributed by atoms with Crippen LogP contribution in [0.5, 0.6) is 0 Å². The number of halogens is 1. The summed E-state index contributed by atoms with van der Waals surface area (Å²) >= 11 is 5.86. The third-order valence-electron chi connectivity index (χ3n) is 1.91. The smallest absolute Gasteiger partial charge is 0.252 e. The van der Waals surface area contributed by atoms with Gasteiger partial charge in [-0.05, 0) is 31.5 Å². The zero-order chi connectivity index (χ0) is 10.7. The van der Waals surface area contributed by atoms with E-state index in [0.29, 0.717) is 10.7 Å². The molecule has 0 aromatic heterocycles. The lowest BCUT2D eigenvalue weighted by Crippen LogP contribution is -2.24. The normalized spacial score (nSPS) is 12.3. The number of anilines is 1. The molecular formula is C10H12ClNO2. The molecule has 4 heteroatoms. The van der Waals surface area contributed by atoms with E-state index >= 15 is 0 Å². The summed E-state index contributed by atoms with van der Waals surface area (Å²) in [4.78, 5) is 11.2. The molecule has 1 unspecified atom stereocenters. The molecule has 1 aromatic rings. The molecule has 0 radical (unpaired) electrons. The van der Waals surface area contributed by atoms with Crippen molar-refractivity contribution in [1.29, 1.82) is 0 Å². The van der Waals surface area contributed by atoms with E-state index in [9.17, 15) is 4.79 Å². The van der Waals surface area contributed by atoms with Crippen LogP contribution in [0.25, 0.3) is 0 Å². The van der Waals surface area contributed by atoms with Crippen LogP contribution in [-0.2, 0) is 4.79 Å². The predicted molar refractivity (Wildman–Crippen MR) is 56.5 cm³/mol. The molecule has 0 aliphatic carbocycles. The standard InChI is InChI=1S/C10H12ClNO2/c1-6-8(11)4-3-5-9(6)12-10(14)7(2)13/h3-5,7,13H,1-2H3,(H,12,14). The molecule has 14 heavy (non-hydrogen) atoms. The first-order chi connectivity index (χ1) is 6.52. The van der Waals surface area contributed by atoms with E-state index in [4.69, 9.17) is 16.7 Å². The van der Waals surface area contributed by atoms with Crippen LogP contribution in [0, 0.1) is 6.92 Å². The fourth-order valence-electron chi connectivity index (χ4n) is 0.980. The second kappa shape index (κ2) is 4.44. The summed E-state index contributed by atoms with van der Waals surface area (Å²) < 4.78 is 0. The summed E-state index contributed by atoms with van der Waals surface area (Å²) in [6.45, 7) is 3.22. The highest BCUT2D eigenvalue weighted by molar-refractivity contribution is 6.31. The van der Waals surface area contributed by atoms with Gasteiger partial charge in [-0.15, -0.1) is 0 Å². The lowest BCUT2D eigenvalue weighted by Gasteiger charge is -2.10. The third-order valence-corrected chi connectivity index (χ3v) is 2.31. The summed E-state index contributed by atoms with van der Waals surface area (Å²) in [5.41, 5.74) is 1.42. The minimum Gasteiger partial charge on any atom is -0.384 e. The Balaban J connectivity index is 2.87. The number of amides is 1. The lowest BCUT2D eigenvalue weighted by atomic mass is 10.2. The molecule has 0 spiro atoms. The van der Waals surface area contributed by atoms with Gasteiger partial charge >= 0.3 is 0 Å².